The largest absolute Gasteiger partial charge is 0.387 e. The summed E-state index contributed by atoms with van der Waals surface area (Å²) in [4.78, 5) is 7.24. The van der Waals surface area contributed by atoms with E-state index in [-0.39, 0.29) is 0 Å². The number of hydrogen-bond acceptors (Lipinski definition) is 3. The minimum Gasteiger partial charge on any atom is -0.387 e. The van der Waals surface area contributed by atoms with Crippen LogP contribution in [-0.2, 0) is 4.84 Å². The standard InChI is InChI=1S/C8H14N2O/c1-8-9(2)6-4-5-7-11-10(8)3/h5,7H,1,4,6H2,2-3H3. The molecule has 62 valence electrons. The molecule has 0 unspecified atom stereocenters. The zero-order valence-electron chi connectivity index (χ0n) is 7.08. The Kier molecular flexibility index (Phi) is 2.41. The quantitative estimate of drug-likeness (QED) is 0.521. The molecule has 0 radical (unpaired) electrons. The van der Waals surface area contributed by atoms with Crippen molar-refractivity contribution in [3.05, 3.63) is 24.7 Å². The van der Waals surface area contributed by atoms with Gasteiger partial charge >= 0.3 is 0 Å². The summed E-state index contributed by atoms with van der Waals surface area (Å²) in [6.07, 6.45) is 4.70. The summed E-state index contributed by atoms with van der Waals surface area (Å²) in [5, 5.41) is 1.65. The van der Waals surface area contributed by atoms with Crippen molar-refractivity contribution in [3.8, 4) is 0 Å². The van der Waals surface area contributed by atoms with Crippen molar-refractivity contribution in [2.45, 2.75) is 6.42 Å². The van der Waals surface area contributed by atoms with Crippen molar-refractivity contribution in [3.63, 3.8) is 0 Å². The summed E-state index contributed by atoms with van der Waals surface area (Å²) in [7, 11) is 3.84. The van der Waals surface area contributed by atoms with Gasteiger partial charge in [-0.3, -0.25) is 0 Å². The Labute approximate surface area is 67.5 Å². The van der Waals surface area contributed by atoms with E-state index in [1.807, 2.05) is 20.2 Å². The summed E-state index contributed by atoms with van der Waals surface area (Å²) >= 11 is 0. The average Bonchev–Trinajstić information content (AvgIpc) is 2.00. The van der Waals surface area contributed by atoms with Gasteiger partial charge in [0.1, 0.15) is 12.1 Å². The van der Waals surface area contributed by atoms with Crippen LogP contribution >= 0.6 is 0 Å². The summed E-state index contributed by atoms with van der Waals surface area (Å²) in [5.74, 6) is 0.884. The number of hydroxylamine groups is 2. The lowest BCUT2D eigenvalue weighted by Crippen LogP contribution is -2.30. The second kappa shape index (κ2) is 3.32. The minimum atomic E-state index is 0.884. The van der Waals surface area contributed by atoms with Crippen molar-refractivity contribution < 1.29 is 4.84 Å². The molecule has 0 aromatic rings. The maximum Gasteiger partial charge on any atom is 0.132 e. The molecule has 0 fully saturated rings. The summed E-state index contributed by atoms with van der Waals surface area (Å²) < 4.78 is 0. The van der Waals surface area contributed by atoms with E-state index < -0.39 is 0 Å². The van der Waals surface area contributed by atoms with Crippen LogP contribution in [0.1, 0.15) is 6.42 Å². The third-order valence-electron chi connectivity index (χ3n) is 1.75. The van der Waals surface area contributed by atoms with Crippen LogP contribution in [0.5, 0.6) is 0 Å². The van der Waals surface area contributed by atoms with Gasteiger partial charge in [0.25, 0.3) is 0 Å². The fourth-order valence-electron chi connectivity index (χ4n) is 0.901. The molecule has 1 rings (SSSR count). The molecule has 1 aliphatic heterocycles. The van der Waals surface area contributed by atoms with Crippen molar-refractivity contribution in [1.82, 2.24) is 9.96 Å². The SMILES string of the molecule is C=C1N(C)CCC=CON1C. The number of rotatable bonds is 0. The van der Waals surface area contributed by atoms with Crippen molar-refractivity contribution >= 4 is 0 Å². The molecule has 0 bridgehead atoms. The smallest absolute Gasteiger partial charge is 0.132 e. The maximum absolute atomic E-state index is 5.18. The third-order valence-corrected chi connectivity index (χ3v) is 1.75. The van der Waals surface area contributed by atoms with Crippen LogP contribution in [0.2, 0.25) is 0 Å². The molecule has 0 saturated carbocycles. The van der Waals surface area contributed by atoms with Gasteiger partial charge in [-0.1, -0.05) is 6.58 Å². The van der Waals surface area contributed by atoms with Crippen LogP contribution in [-0.4, -0.2) is 30.6 Å². The summed E-state index contributed by atoms with van der Waals surface area (Å²) in [6, 6.07) is 0. The van der Waals surface area contributed by atoms with E-state index >= 15 is 0 Å². The summed E-state index contributed by atoms with van der Waals surface area (Å²) in [5.41, 5.74) is 0. The Balaban J connectivity index is 2.62. The lowest BCUT2D eigenvalue weighted by atomic mass is 10.4. The van der Waals surface area contributed by atoms with Crippen LogP contribution in [0.25, 0.3) is 0 Å². The zero-order chi connectivity index (χ0) is 8.27. The third kappa shape index (κ3) is 1.90. The Morgan fingerprint density at radius 2 is 2.27 bits per heavy atom. The fourth-order valence-corrected chi connectivity index (χ4v) is 0.901. The Morgan fingerprint density at radius 1 is 1.55 bits per heavy atom. The van der Waals surface area contributed by atoms with E-state index in [4.69, 9.17) is 4.84 Å². The Morgan fingerprint density at radius 3 is 3.00 bits per heavy atom. The van der Waals surface area contributed by atoms with Gasteiger partial charge in [0.15, 0.2) is 0 Å². The average molecular weight is 154 g/mol. The first-order valence-electron chi connectivity index (χ1n) is 3.67. The van der Waals surface area contributed by atoms with E-state index in [9.17, 15) is 0 Å². The molecule has 3 heteroatoms. The molecule has 1 heterocycles. The Hall–Kier alpha value is -1.12. The number of nitrogens with zero attached hydrogens (tertiary/aromatic N) is 2. The van der Waals surface area contributed by atoms with Gasteiger partial charge in [0.05, 0.1) is 0 Å². The van der Waals surface area contributed by atoms with Crippen LogP contribution < -0.4 is 0 Å². The van der Waals surface area contributed by atoms with E-state index in [2.05, 4.69) is 11.5 Å². The molecule has 0 saturated heterocycles. The highest BCUT2D eigenvalue weighted by Gasteiger charge is 2.07. The molecule has 0 atom stereocenters. The highest BCUT2D eigenvalue weighted by molar-refractivity contribution is 4.91. The molecule has 0 aromatic carbocycles. The first kappa shape index (κ1) is 7.98. The van der Waals surface area contributed by atoms with Crippen molar-refractivity contribution in [2.24, 2.45) is 0 Å². The first-order valence-corrected chi connectivity index (χ1v) is 3.67. The molecular formula is C8H14N2O. The first-order chi connectivity index (χ1) is 5.22. The van der Waals surface area contributed by atoms with Gasteiger partial charge in [0, 0.05) is 20.6 Å². The predicted molar refractivity (Wildman–Crippen MR) is 44.4 cm³/mol. The molecule has 0 N–H and O–H groups in total. The fraction of sp³-hybridized carbons (Fsp3) is 0.500. The lowest BCUT2D eigenvalue weighted by molar-refractivity contribution is -0.0701. The topological polar surface area (TPSA) is 15.7 Å². The molecule has 11 heavy (non-hydrogen) atoms. The Bertz CT molecular complexity index is 177. The molecule has 1 aliphatic rings. The van der Waals surface area contributed by atoms with Gasteiger partial charge in [0.2, 0.25) is 0 Å². The zero-order valence-corrected chi connectivity index (χ0v) is 7.08. The second-order valence-electron chi connectivity index (χ2n) is 2.60. The molecule has 0 spiro atoms. The second-order valence-corrected chi connectivity index (χ2v) is 2.60. The molecule has 0 aromatic heterocycles. The minimum absolute atomic E-state index is 0.884. The highest BCUT2D eigenvalue weighted by Crippen LogP contribution is 2.08. The summed E-state index contributed by atoms with van der Waals surface area (Å²) in [6.45, 7) is 4.86. The normalized spacial score (nSPS) is 19.3. The molecular weight excluding hydrogens is 140 g/mol. The van der Waals surface area contributed by atoms with Crippen molar-refractivity contribution in [2.75, 3.05) is 20.6 Å². The van der Waals surface area contributed by atoms with Gasteiger partial charge < -0.3 is 9.74 Å². The van der Waals surface area contributed by atoms with Gasteiger partial charge in [-0.25, -0.2) is 0 Å². The number of hydrogen-bond donors (Lipinski definition) is 0. The molecule has 3 nitrogen and oxygen atoms in total. The molecule has 0 aliphatic carbocycles. The van der Waals surface area contributed by atoms with Crippen LogP contribution in [0.3, 0.4) is 0 Å². The van der Waals surface area contributed by atoms with Gasteiger partial charge in [-0.15, -0.1) is 0 Å². The molecule has 0 amide bonds. The van der Waals surface area contributed by atoms with Crippen LogP contribution in [0.4, 0.5) is 0 Å². The van der Waals surface area contributed by atoms with E-state index in [0.29, 0.717) is 0 Å². The van der Waals surface area contributed by atoms with Crippen molar-refractivity contribution in [1.29, 1.82) is 0 Å². The van der Waals surface area contributed by atoms with E-state index in [1.54, 1.807) is 11.3 Å². The monoisotopic (exact) mass is 154 g/mol. The maximum atomic E-state index is 5.18. The lowest BCUT2D eigenvalue weighted by Gasteiger charge is -2.29. The predicted octanol–water partition coefficient (Wildman–Crippen LogP) is 1.17. The van der Waals surface area contributed by atoms with Crippen LogP contribution in [0, 0.1) is 0 Å². The van der Waals surface area contributed by atoms with E-state index in [0.717, 1.165) is 18.8 Å². The van der Waals surface area contributed by atoms with Crippen LogP contribution in [0.15, 0.2) is 24.7 Å². The van der Waals surface area contributed by atoms with Gasteiger partial charge in [-0.2, -0.15) is 5.06 Å². The van der Waals surface area contributed by atoms with E-state index in [1.165, 1.54) is 0 Å². The highest BCUT2D eigenvalue weighted by atomic mass is 16.7. The van der Waals surface area contributed by atoms with Gasteiger partial charge in [-0.05, 0) is 12.5 Å².